The SMILES string of the molecule is CCC(Cc1c(OC(F)(F)F)cc(OC(F)(F)F)cc1OC(F)(F)F)CC(CN)C(=O)O. The molecule has 32 heavy (non-hydrogen) atoms. The molecule has 0 aromatic heterocycles. The van der Waals surface area contributed by atoms with Gasteiger partial charge in [-0.15, -0.1) is 39.5 Å². The molecule has 0 bridgehead atoms. The van der Waals surface area contributed by atoms with Gasteiger partial charge in [0.05, 0.1) is 5.92 Å². The van der Waals surface area contributed by atoms with Gasteiger partial charge in [-0.25, -0.2) is 0 Å². The molecule has 0 radical (unpaired) electrons. The summed E-state index contributed by atoms with van der Waals surface area (Å²) in [5.41, 5.74) is 4.45. The van der Waals surface area contributed by atoms with Crippen molar-refractivity contribution in [3.8, 4) is 17.2 Å². The smallest absolute Gasteiger partial charge is 0.481 e. The summed E-state index contributed by atoms with van der Waals surface area (Å²) in [6, 6.07) is 0.230. The summed E-state index contributed by atoms with van der Waals surface area (Å²) in [5.74, 6) is -7.61. The van der Waals surface area contributed by atoms with Crippen molar-refractivity contribution in [3.63, 3.8) is 0 Å². The molecule has 0 aliphatic heterocycles. The summed E-state index contributed by atoms with van der Waals surface area (Å²) < 4.78 is 125. The van der Waals surface area contributed by atoms with Gasteiger partial charge in [0.15, 0.2) is 0 Å². The van der Waals surface area contributed by atoms with Gasteiger partial charge in [0.1, 0.15) is 17.2 Å². The van der Waals surface area contributed by atoms with Crippen LogP contribution in [0.4, 0.5) is 39.5 Å². The van der Waals surface area contributed by atoms with Crippen molar-refractivity contribution in [2.75, 3.05) is 6.54 Å². The Hall–Kier alpha value is -2.58. The highest BCUT2D eigenvalue weighted by Gasteiger charge is 2.38. The molecule has 1 rings (SSSR count). The minimum absolute atomic E-state index is 0.0848. The van der Waals surface area contributed by atoms with Crippen molar-refractivity contribution in [1.29, 1.82) is 0 Å². The van der Waals surface area contributed by atoms with Crippen LogP contribution in [-0.4, -0.2) is 36.7 Å². The van der Waals surface area contributed by atoms with Gasteiger partial charge in [0, 0.05) is 24.2 Å². The van der Waals surface area contributed by atoms with Gasteiger partial charge in [0.2, 0.25) is 0 Å². The van der Waals surface area contributed by atoms with Crippen LogP contribution in [0.3, 0.4) is 0 Å². The zero-order valence-corrected chi connectivity index (χ0v) is 16.2. The molecule has 3 N–H and O–H groups in total. The Bertz CT molecular complexity index is 740. The van der Waals surface area contributed by atoms with E-state index in [1.807, 2.05) is 0 Å². The molecule has 0 heterocycles. The van der Waals surface area contributed by atoms with E-state index in [1.165, 1.54) is 6.92 Å². The molecule has 1 aromatic carbocycles. The number of aliphatic carboxylic acids is 1. The van der Waals surface area contributed by atoms with E-state index in [1.54, 1.807) is 0 Å². The van der Waals surface area contributed by atoms with Crippen LogP contribution in [0.2, 0.25) is 0 Å². The number of benzene rings is 1. The molecule has 2 atom stereocenters. The summed E-state index contributed by atoms with van der Waals surface area (Å²) in [6.45, 7) is 1.12. The number of nitrogens with two attached hydrogens (primary N) is 1. The largest absolute Gasteiger partial charge is 0.573 e. The van der Waals surface area contributed by atoms with Crippen LogP contribution in [0, 0.1) is 11.8 Å². The minimum atomic E-state index is -5.48. The number of alkyl halides is 9. The van der Waals surface area contributed by atoms with Gasteiger partial charge in [-0.1, -0.05) is 13.3 Å². The van der Waals surface area contributed by atoms with Crippen molar-refractivity contribution in [3.05, 3.63) is 17.7 Å². The van der Waals surface area contributed by atoms with E-state index >= 15 is 0 Å². The second-order valence-corrected chi connectivity index (χ2v) is 6.53. The van der Waals surface area contributed by atoms with Crippen LogP contribution in [-0.2, 0) is 11.2 Å². The number of ether oxygens (including phenoxy) is 3. The van der Waals surface area contributed by atoms with Crippen molar-refractivity contribution in [2.24, 2.45) is 17.6 Å². The number of halogens is 9. The Morgan fingerprint density at radius 3 is 1.69 bits per heavy atom. The molecule has 1 aromatic rings. The lowest BCUT2D eigenvalue weighted by atomic mass is 9.87. The van der Waals surface area contributed by atoms with Gasteiger partial charge in [-0.05, 0) is 18.8 Å². The van der Waals surface area contributed by atoms with Gasteiger partial charge in [0.25, 0.3) is 0 Å². The molecule has 0 amide bonds. The third kappa shape index (κ3) is 9.70. The van der Waals surface area contributed by atoms with E-state index in [4.69, 9.17) is 10.8 Å². The van der Waals surface area contributed by atoms with E-state index in [2.05, 4.69) is 14.2 Å². The van der Waals surface area contributed by atoms with Gasteiger partial charge < -0.3 is 25.1 Å². The first-order chi connectivity index (χ1) is 14.4. The molecule has 184 valence electrons. The lowest BCUT2D eigenvalue weighted by Gasteiger charge is -2.24. The molecule has 0 saturated carbocycles. The van der Waals surface area contributed by atoms with E-state index in [0.717, 1.165) is 0 Å². The molecule has 0 aliphatic rings. The highest BCUT2D eigenvalue weighted by molar-refractivity contribution is 5.70. The second kappa shape index (κ2) is 10.4. The standard InChI is InChI=1S/C17H18F9NO5/c1-2-8(3-9(7-27)14(28)29)4-11-12(31-16(21,22)23)5-10(30-15(18,19)20)6-13(11)32-17(24,25)26/h5-6,8-9H,2-4,7,27H2,1H3,(H,28,29). The Kier molecular flexibility index (Phi) is 8.89. The summed E-state index contributed by atoms with van der Waals surface area (Å²) in [7, 11) is 0. The summed E-state index contributed by atoms with van der Waals surface area (Å²) in [4.78, 5) is 11.2. The Balaban J connectivity index is 3.55. The summed E-state index contributed by atoms with van der Waals surface area (Å²) >= 11 is 0. The Morgan fingerprint density at radius 1 is 0.938 bits per heavy atom. The van der Waals surface area contributed by atoms with Crippen LogP contribution >= 0.6 is 0 Å². The van der Waals surface area contributed by atoms with E-state index in [0.29, 0.717) is 0 Å². The molecule has 0 aliphatic carbocycles. The first kappa shape index (κ1) is 27.5. The quantitative estimate of drug-likeness (QED) is 0.452. The van der Waals surface area contributed by atoms with Crippen LogP contribution in [0.25, 0.3) is 0 Å². The average molecular weight is 487 g/mol. The van der Waals surface area contributed by atoms with Crippen LogP contribution in [0.1, 0.15) is 25.3 Å². The molecule has 0 spiro atoms. The van der Waals surface area contributed by atoms with Gasteiger partial charge in [-0.3, -0.25) is 4.79 Å². The van der Waals surface area contributed by atoms with Gasteiger partial charge >= 0.3 is 25.1 Å². The summed E-state index contributed by atoms with van der Waals surface area (Å²) in [5, 5.41) is 9.09. The third-order valence-electron chi connectivity index (χ3n) is 4.15. The average Bonchev–Trinajstić information content (AvgIpc) is 2.56. The maximum Gasteiger partial charge on any atom is 0.573 e. The molecule has 6 nitrogen and oxygen atoms in total. The first-order valence-electron chi connectivity index (χ1n) is 8.81. The Labute approximate surface area is 175 Å². The zero-order chi connectivity index (χ0) is 24.9. The lowest BCUT2D eigenvalue weighted by Crippen LogP contribution is -2.27. The van der Waals surface area contributed by atoms with Crippen LogP contribution in [0.15, 0.2) is 12.1 Å². The zero-order valence-electron chi connectivity index (χ0n) is 16.2. The molecular formula is C17H18F9NO5. The fourth-order valence-corrected chi connectivity index (χ4v) is 2.80. The van der Waals surface area contributed by atoms with E-state index in [-0.39, 0.29) is 31.5 Å². The predicted molar refractivity (Wildman–Crippen MR) is 88.8 cm³/mol. The molecule has 0 fully saturated rings. The molecule has 15 heteroatoms. The molecule has 0 saturated heterocycles. The Morgan fingerprint density at radius 2 is 1.38 bits per heavy atom. The first-order valence-corrected chi connectivity index (χ1v) is 8.81. The summed E-state index contributed by atoms with van der Waals surface area (Å²) in [6.07, 6.45) is -17.2. The monoisotopic (exact) mass is 487 g/mol. The number of hydrogen-bond acceptors (Lipinski definition) is 5. The maximum absolute atomic E-state index is 12.8. The number of carbonyl (C=O) groups is 1. The number of hydrogen-bond donors (Lipinski definition) is 2. The second-order valence-electron chi connectivity index (χ2n) is 6.53. The van der Waals surface area contributed by atoms with E-state index in [9.17, 15) is 44.3 Å². The molecule has 2 unspecified atom stereocenters. The lowest BCUT2D eigenvalue weighted by molar-refractivity contribution is -0.278. The predicted octanol–water partition coefficient (Wildman–Crippen LogP) is 5.00. The van der Waals surface area contributed by atoms with Crippen LogP contribution in [0.5, 0.6) is 17.2 Å². The topological polar surface area (TPSA) is 91.0 Å². The molecular weight excluding hydrogens is 469 g/mol. The van der Waals surface area contributed by atoms with Crippen molar-refractivity contribution in [2.45, 2.75) is 45.3 Å². The van der Waals surface area contributed by atoms with Crippen molar-refractivity contribution in [1.82, 2.24) is 0 Å². The van der Waals surface area contributed by atoms with Crippen LogP contribution < -0.4 is 19.9 Å². The number of carboxylic acids is 1. The normalized spacial score (nSPS) is 14.6. The fraction of sp³-hybridized carbons (Fsp3) is 0.588. The van der Waals surface area contributed by atoms with Gasteiger partial charge in [-0.2, -0.15) is 0 Å². The van der Waals surface area contributed by atoms with Crippen molar-refractivity contribution >= 4 is 5.97 Å². The number of carboxylic acid groups (broad SMARTS) is 1. The third-order valence-corrected chi connectivity index (χ3v) is 4.15. The highest BCUT2D eigenvalue weighted by atomic mass is 19.4. The highest BCUT2D eigenvalue weighted by Crippen LogP contribution is 2.42. The maximum atomic E-state index is 12.8. The number of rotatable bonds is 10. The minimum Gasteiger partial charge on any atom is -0.481 e. The fourth-order valence-electron chi connectivity index (χ4n) is 2.80. The van der Waals surface area contributed by atoms with Crippen molar-refractivity contribution < 1.29 is 63.6 Å². The van der Waals surface area contributed by atoms with E-state index < -0.39 is 66.1 Å².